The van der Waals surface area contributed by atoms with Crippen molar-refractivity contribution in [2.45, 2.75) is 25.7 Å². The van der Waals surface area contributed by atoms with Gasteiger partial charge in [0.05, 0.1) is 4.88 Å². The smallest absolute Gasteiger partial charge is 0.263 e. The highest BCUT2D eigenvalue weighted by Crippen LogP contribution is 2.31. The zero-order chi connectivity index (χ0) is 17.2. The van der Waals surface area contributed by atoms with Crippen LogP contribution < -0.4 is 0 Å². The molecule has 2 aromatic heterocycles. The van der Waals surface area contributed by atoms with Crippen LogP contribution in [0, 0.1) is 6.92 Å². The number of benzene rings is 1. The van der Waals surface area contributed by atoms with Gasteiger partial charge in [-0.3, -0.25) is 4.79 Å². The van der Waals surface area contributed by atoms with Crippen LogP contribution >= 0.6 is 11.3 Å². The minimum absolute atomic E-state index is 0.125. The first kappa shape index (κ1) is 16.0. The average molecular weight is 353 g/mol. The third-order valence-corrected chi connectivity index (χ3v) is 5.54. The number of aryl methyl sites for hydroxylation is 1. The van der Waals surface area contributed by atoms with E-state index in [1.165, 1.54) is 11.3 Å². The highest BCUT2D eigenvalue weighted by atomic mass is 32.1. The normalized spacial score (nSPS) is 15.5. The van der Waals surface area contributed by atoms with Crippen molar-refractivity contribution in [1.82, 2.24) is 15.1 Å². The Hall–Kier alpha value is -2.47. The highest BCUT2D eigenvalue weighted by Gasteiger charge is 2.28. The van der Waals surface area contributed by atoms with E-state index in [4.69, 9.17) is 4.42 Å². The predicted molar refractivity (Wildman–Crippen MR) is 96.7 cm³/mol. The Bertz CT molecular complexity index is 864. The number of likely N-dealkylation sites (tertiary alicyclic amines) is 1. The fourth-order valence-corrected chi connectivity index (χ4v) is 3.90. The molecule has 0 atom stereocenters. The summed E-state index contributed by atoms with van der Waals surface area (Å²) >= 11 is 1.49. The molecule has 1 aromatic carbocycles. The molecule has 0 radical (unpaired) electrons. The van der Waals surface area contributed by atoms with E-state index in [1.54, 1.807) is 0 Å². The lowest BCUT2D eigenvalue weighted by molar-refractivity contribution is 0.0711. The zero-order valence-electron chi connectivity index (χ0n) is 14.0. The van der Waals surface area contributed by atoms with Crippen molar-refractivity contribution < 1.29 is 9.21 Å². The lowest BCUT2D eigenvalue weighted by Gasteiger charge is -2.30. The first-order chi connectivity index (χ1) is 12.2. The number of carbonyl (C=O) groups is 1. The Balaban J connectivity index is 1.43. The van der Waals surface area contributed by atoms with E-state index in [-0.39, 0.29) is 11.8 Å². The number of hydrogen-bond donors (Lipinski definition) is 0. The molecule has 0 N–H and O–H groups in total. The van der Waals surface area contributed by atoms with E-state index in [0.717, 1.165) is 41.9 Å². The molecule has 5 nitrogen and oxygen atoms in total. The van der Waals surface area contributed by atoms with Gasteiger partial charge >= 0.3 is 0 Å². The zero-order valence-corrected chi connectivity index (χ0v) is 14.8. The van der Waals surface area contributed by atoms with Gasteiger partial charge in [-0.05, 0) is 42.8 Å². The van der Waals surface area contributed by atoms with Crippen LogP contribution in [0.4, 0.5) is 0 Å². The molecule has 1 fully saturated rings. The van der Waals surface area contributed by atoms with E-state index in [9.17, 15) is 4.79 Å². The summed E-state index contributed by atoms with van der Waals surface area (Å²) in [4.78, 5) is 15.1. The van der Waals surface area contributed by atoms with Gasteiger partial charge < -0.3 is 9.32 Å². The molecule has 3 aromatic rings. The SMILES string of the molecule is Cc1ccccc1-c1nnc(C2CCN(C(=O)c3cccs3)CC2)o1. The Labute approximate surface area is 150 Å². The number of hydrogen-bond acceptors (Lipinski definition) is 5. The van der Waals surface area contributed by atoms with Crippen LogP contribution in [0.3, 0.4) is 0 Å². The van der Waals surface area contributed by atoms with Gasteiger partial charge in [-0.1, -0.05) is 24.3 Å². The maximum Gasteiger partial charge on any atom is 0.263 e. The second-order valence-corrected chi connectivity index (χ2v) is 7.25. The highest BCUT2D eigenvalue weighted by molar-refractivity contribution is 7.12. The summed E-state index contributed by atoms with van der Waals surface area (Å²) in [5.41, 5.74) is 2.10. The van der Waals surface area contributed by atoms with Crippen molar-refractivity contribution in [3.63, 3.8) is 0 Å². The van der Waals surface area contributed by atoms with E-state index in [0.29, 0.717) is 11.8 Å². The monoisotopic (exact) mass is 353 g/mol. The molecule has 1 aliphatic rings. The van der Waals surface area contributed by atoms with Gasteiger partial charge in [0.25, 0.3) is 5.91 Å². The number of amides is 1. The van der Waals surface area contributed by atoms with Gasteiger partial charge in [-0.2, -0.15) is 0 Å². The summed E-state index contributed by atoms with van der Waals surface area (Å²) < 4.78 is 5.93. The van der Waals surface area contributed by atoms with Crippen LogP contribution in [0.1, 0.15) is 39.9 Å². The molecule has 0 bridgehead atoms. The molecule has 4 rings (SSSR count). The summed E-state index contributed by atoms with van der Waals surface area (Å²) in [7, 11) is 0. The van der Waals surface area contributed by atoms with Crippen molar-refractivity contribution in [3.8, 4) is 11.5 Å². The van der Waals surface area contributed by atoms with Crippen LogP contribution in [0.15, 0.2) is 46.2 Å². The summed E-state index contributed by atoms with van der Waals surface area (Å²) in [6, 6.07) is 11.8. The van der Waals surface area contributed by atoms with Crippen molar-refractivity contribution in [1.29, 1.82) is 0 Å². The van der Waals surface area contributed by atoms with Crippen LogP contribution in [-0.2, 0) is 0 Å². The van der Waals surface area contributed by atoms with E-state index in [2.05, 4.69) is 10.2 Å². The number of aromatic nitrogens is 2. The topological polar surface area (TPSA) is 59.2 Å². The van der Waals surface area contributed by atoms with Gasteiger partial charge in [0, 0.05) is 24.6 Å². The third-order valence-electron chi connectivity index (χ3n) is 4.68. The lowest BCUT2D eigenvalue weighted by Crippen LogP contribution is -2.37. The quantitative estimate of drug-likeness (QED) is 0.710. The van der Waals surface area contributed by atoms with Crippen molar-refractivity contribution in [2.75, 3.05) is 13.1 Å². The minimum Gasteiger partial charge on any atom is -0.420 e. The second-order valence-electron chi connectivity index (χ2n) is 6.30. The Kier molecular flexibility index (Phi) is 4.36. The molecule has 25 heavy (non-hydrogen) atoms. The molecule has 0 saturated carbocycles. The van der Waals surface area contributed by atoms with E-state index in [1.807, 2.05) is 53.6 Å². The van der Waals surface area contributed by atoms with Crippen LogP contribution in [0.5, 0.6) is 0 Å². The molecule has 0 unspecified atom stereocenters. The largest absolute Gasteiger partial charge is 0.420 e. The minimum atomic E-state index is 0.125. The Morgan fingerprint density at radius 3 is 2.68 bits per heavy atom. The van der Waals surface area contributed by atoms with Crippen molar-refractivity contribution in [3.05, 3.63) is 58.1 Å². The molecular formula is C19H19N3O2S. The number of piperidine rings is 1. The Morgan fingerprint density at radius 1 is 1.16 bits per heavy atom. The number of rotatable bonds is 3. The third kappa shape index (κ3) is 3.22. The second kappa shape index (κ2) is 6.80. The standard InChI is InChI=1S/C19H19N3O2S/c1-13-5-2-3-6-15(13)18-21-20-17(24-18)14-8-10-22(11-9-14)19(23)16-7-4-12-25-16/h2-7,12,14H,8-11H2,1H3. The van der Waals surface area contributed by atoms with Gasteiger partial charge in [0.2, 0.25) is 11.8 Å². The number of nitrogens with zero attached hydrogens (tertiary/aromatic N) is 3. The van der Waals surface area contributed by atoms with Gasteiger partial charge in [0.1, 0.15) is 0 Å². The van der Waals surface area contributed by atoms with E-state index < -0.39 is 0 Å². The number of carbonyl (C=O) groups excluding carboxylic acids is 1. The van der Waals surface area contributed by atoms with Gasteiger partial charge in [-0.25, -0.2) is 0 Å². The molecule has 6 heteroatoms. The summed E-state index contributed by atoms with van der Waals surface area (Å²) in [6.45, 7) is 3.49. The molecule has 0 aliphatic carbocycles. The first-order valence-corrected chi connectivity index (χ1v) is 9.32. The van der Waals surface area contributed by atoms with Crippen LogP contribution in [0.2, 0.25) is 0 Å². The van der Waals surface area contributed by atoms with Gasteiger partial charge in [0.15, 0.2) is 0 Å². The average Bonchev–Trinajstić information content (AvgIpc) is 3.34. The first-order valence-electron chi connectivity index (χ1n) is 8.44. The van der Waals surface area contributed by atoms with E-state index >= 15 is 0 Å². The molecular weight excluding hydrogens is 334 g/mol. The summed E-state index contributed by atoms with van der Waals surface area (Å²) in [5, 5.41) is 10.4. The molecule has 1 amide bonds. The Morgan fingerprint density at radius 2 is 1.96 bits per heavy atom. The summed E-state index contributed by atoms with van der Waals surface area (Å²) in [5.74, 6) is 1.60. The fraction of sp³-hybridized carbons (Fsp3) is 0.316. The number of thiophene rings is 1. The molecule has 1 aliphatic heterocycles. The van der Waals surface area contributed by atoms with Crippen LogP contribution in [-0.4, -0.2) is 34.1 Å². The molecule has 3 heterocycles. The van der Waals surface area contributed by atoms with Gasteiger partial charge in [-0.15, -0.1) is 21.5 Å². The summed E-state index contributed by atoms with van der Waals surface area (Å²) in [6.07, 6.45) is 1.71. The maximum absolute atomic E-state index is 12.4. The molecule has 128 valence electrons. The molecule has 1 saturated heterocycles. The molecule has 0 spiro atoms. The fourth-order valence-electron chi connectivity index (χ4n) is 3.21. The van der Waals surface area contributed by atoms with Crippen molar-refractivity contribution in [2.24, 2.45) is 0 Å². The van der Waals surface area contributed by atoms with Crippen LogP contribution in [0.25, 0.3) is 11.5 Å². The maximum atomic E-state index is 12.4. The predicted octanol–water partition coefficient (Wildman–Crippen LogP) is 4.13. The lowest BCUT2D eigenvalue weighted by atomic mass is 9.97. The van der Waals surface area contributed by atoms with Crippen molar-refractivity contribution >= 4 is 17.2 Å².